The monoisotopic (exact) mass is 268 g/mol. The molecular formula is C14H17FO4. The molecule has 0 aliphatic carbocycles. The number of carbonyl (C=O) groups is 2. The van der Waals surface area contributed by atoms with E-state index in [0.29, 0.717) is 12.8 Å². The number of hydrogen-bond acceptors (Lipinski definition) is 3. The Labute approximate surface area is 111 Å². The number of rotatable bonds is 6. The second-order valence-electron chi connectivity index (χ2n) is 4.19. The molecule has 19 heavy (non-hydrogen) atoms. The highest BCUT2D eigenvalue weighted by molar-refractivity contribution is 6.02. The van der Waals surface area contributed by atoms with Crippen LogP contribution in [-0.4, -0.2) is 23.1 Å². The maximum atomic E-state index is 13.4. The quantitative estimate of drug-likeness (QED) is 0.804. The summed E-state index contributed by atoms with van der Waals surface area (Å²) in [4.78, 5) is 22.9. The van der Waals surface area contributed by atoms with Gasteiger partial charge in [-0.2, -0.15) is 0 Å². The van der Waals surface area contributed by atoms with Gasteiger partial charge in [-0.15, -0.1) is 0 Å². The van der Waals surface area contributed by atoms with E-state index in [9.17, 15) is 14.0 Å². The zero-order valence-electron chi connectivity index (χ0n) is 11.0. The van der Waals surface area contributed by atoms with Crippen LogP contribution in [0.15, 0.2) is 18.2 Å². The van der Waals surface area contributed by atoms with Crippen LogP contribution < -0.4 is 0 Å². The molecule has 104 valence electrons. The number of halogens is 1. The highest BCUT2D eigenvalue weighted by atomic mass is 19.1. The molecule has 1 rings (SSSR count). The second kappa shape index (κ2) is 6.87. The maximum Gasteiger partial charge on any atom is 0.339 e. The minimum Gasteiger partial charge on any atom is -0.478 e. The van der Waals surface area contributed by atoms with Crippen LogP contribution in [0.2, 0.25) is 0 Å². The minimum absolute atomic E-state index is 0.248. The van der Waals surface area contributed by atoms with Crippen LogP contribution in [0.5, 0.6) is 0 Å². The van der Waals surface area contributed by atoms with E-state index in [1.54, 1.807) is 0 Å². The molecule has 0 saturated carbocycles. The fraction of sp³-hybridized carbons (Fsp3) is 0.429. The summed E-state index contributed by atoms with van der Waals surface area (Å²) in [5.74, 6) is -3.21. The van der Waals surface area contributed by atoms with Gasteiger partial charge in [-0.3, -0.25) is 0 Å². The first-order valence-electron chi connectivity index (χ1n) is 6.24. The van der Waals surface area contributed by atoms with Gasteiger partial charge in [0.05, 0.1) is 5.56 Å². The molecule has 0 aliphatic rings. The number of ether oxygens (including phenoxy) is 1. The van der Waals surface area contributed by atoms with Crippen LogP contribution >= 0.6 is 0 Å². The first-order chi connectivity index (χ1) is 9.01. The van der Waals surface area contributed by atoms with Crippen molar-refractivity contribution in [3.63, 3.8) is 0 Å². The van der Waals surface area contributed by atoms with Crippen molar-refractivity contribution >= 4 is 11.9 Å². The van der Waals surface area contributed by atoms with Gasteiger partial charge in [0.25, 0.3) is 0 Å². The van der Waals surface area contributed by atoms with Gasteiger partial charge in [0, 0.05) is 0 Å². The summed E-state index contributed by atoms with van der Waals surface area (Å²) in [7, 11) is 0. The fourth-order valence-electron chi connectivity index (χ4n) is 1.79. The minimum atomic E-state index is -1.48. The van der Waals surface area contributed by atoms with Gasteiger partial charge in [0.15, 0.2) is 0 Å². The van der Waals surface area contributed by atoms with Crippen molar-refractivity contribution in [3.05, 3.63) is 35.1 Å². The molecule has 1 atom stereocenters. The van der Waals surface area contributed by atoms with Gasteiger partial charge in [-0.05, 0) is 25.0 Å². The molecule has 0 spiro atoms. The summed E-state index contributed by atoms with van der Waals surface area (Å²) >= 11 is 0. The lowest BCUT2D eigenvalue weighted by Gasteiger charge is -2.16. The predicted molar refractivity (Wildman–Crippen MR) is 67.8 cm³/mol. The lowest BCUT2D eigenvalue weighted by Crippen LogP contribution is -2.20. The number of hydrogen-bond donors (Lipinski definition) is 1. The van der Waals surface area contributed by atoms with E-state index >= 15 is 0 Å². The average molecular weight is 268 g/mol. The van der Waals surface area contributed by atoms with Crippen molar-refractivity contribution in [2.24, 2.45) is 0 Å². The van der Waals surface area contributed by atoms with E-state index in [1.807, 2.05) is 13.8 Å². The molecule has 0 radical (unpaired) electrons. The van der Waals surface area contributed by atoms with Crippen LogP contribution in [0.4, 0.5) is 4.39 Å². The van der Waals surface area contributed by atoms with E-state index in [1.165, 1.54) is 12.1 Å². The van der Waals surface area contributed by atoms with Crippen LogP contribution in [0.1, 0.15) is 53.8 Å². The van der Waals surface area contributed by atoms with Crippen LogP contribution in [0, 0.1) is 5.82 Å². The number of carboxylic acids is 1. The summed E-state index contributed by atoms with van der Waals surface area (Å²) < 4.78 is 18.6. The first kappa shape index (κ1) is 15.1. The third-order valence-corrected chi connectivity index (χ3v) is 2.79. The molecule has 1 aromatic rings. The third kappa shape index (κ3) is 3.77. The van der Waals surface area contributed by atoms with Gasteiger partial charge in [0.1, 0.15) is 17.5 Å². The predicted octanol–water partition coefficient (Wildman–Crippen LogP) is 3.26. The highest BCUT2D eigenvalue weighted by Crippen LogP contribution is 2.17. The summed E-state index contributed by atoms with van der Waals surface area (Å²) in [6.45, 7) is 3.83. The number of carbonyl (C=O) groups excluding carboxylic acids is 1. The number of esters is 1. The normalized spacial score (nSPS) is 11.9. The van der Waals surface area contributed by atoms with E-state index in [4.69, 9.17) is 9.84 Å². The van der Waals surface area contributed by atoms with Gasteiger partial charge in [0.2, 0.25) is 0 Å². The number of aromatic carboxylic acids is 1. The Balaban J connectivity index is 3.00. The van der Waals surface area contributed by atoms with Crippen LogP contribution in [-0.2, 0) is 4.74 Å². The summed E-state index contributed by atoms with van der Waals surface area (Å²) in [6.07, 6.45) is 1.90. The molecule has 0 bridgehead atoms. The number of benzene rings is 1. The summed E-state index contributed by atoms with van der Waals surface area (Å²) in [5.41, 5.74) is -0.888. The molecule has 0 fully saturated rings. The van der Waals surface area contributed by atoms with Crippen LogP contribution in [0.3, 0.4) is 0 Å². The summed E-state index contributed by atoms with van der Waals surface area (Å²) in [6, 6.07) is 3.55. The molecule has 1 aromatic carbocycles. The molecule has 4 nitrogen and oxygen atoms in total. The SMILES string of the molecule is CCCC(CC)OC(=O)c1cccc(F)c1C(=O)O. The maximum absolute atomic E-state index is 13.4. The van der Waals surface area contributed by atoms with Crippen LogP contribution in [0.25, 0.3) is 0 Å². The highest BCUT2D eigenvalue weighted by Gasteiger charge is 2.23. The fourth-order valence-corrected chi connectivity index (χ4v) is 1.79. The molecule has 1 N–H and O–H groups in total. The number of carboxylic acid groups (broad SMARTS) is 1. The topological polar surface area (TPSA) is 63.6 Å². The molecule has 0 amide bonds. The second-order valence-corrected chi connectivity index (χ2v) is 4.19. The molecular weight excluding hydrogens is 251 g/mol. The summed E-state index contributed by atoms with van der Waals surface area (Å²) in [5, 5.41) is 8.94. The van der Waals surface area contributed by atoms with E-state index in [2.05, 4.69) is 0 Å². The molecule has 0 aromatic heterocycles. The molecule has 0 saturated heterocycles. The Morgan fingerprint density at radius 1 is 1.37 bits per heavy atom. The largest absolute Gasteiger partial charge is 0.478 e. The van der Waals surface area contributed by atoms with Crippen molar-refractivity contribution < 1.29 is 23.8 Å². The molecule has 0 heterocycles. The lowest BCUT2D eigenvalue weighted by atomic mass is 10.1. The van der Waals surface area contributed by atoms with Crippen molar-refractivity contribution in [2.75, 3.05) is 0 Å². The van der Waals surface area contributed by atoms with Gasteiger partial charge in [-0.25, -0.2) is 14.0 Å². The van der Waals surface area contributed by atoms with Crippen molar-refractivity contribution in [1.82, 2.24) is 0 Å². The van der Waals surface area contributed by atoms with Crippen molar-refractivity contribution in [3.8, 4) is 0 Å². The Morgan fingerprint density at radius 3 is 2.58 bits per heavy atom. The standard InChI is InChI=1S/C14H17FO4/c1-3-6-9(4-2)19-14(18)10-7-5-8-11(15)12(10)13(16)17/h5,7-9H,3-4,6H2,1-2H3,(H,16,17). The Kier molecular flexibility index (Phi) is 5.48. The zero-order chi connectivity index (χ0) is 14.4. The smallest absolute Gasteiger partial charge is 0.339 e. The van der Waals surface area contributed by atoms with Gasteiger partial charge < -0.3 is 9.84 Å². The third-order valence-electron chi connectivity index (χ3n) is 2.79. The Morgan fingerprint density at radius 2 is 2.05 bits per heavy atom. The van der Waals surface area contributed by atoms with Crippen molar-refractivity contribution in [2.45, 2.75) is 39.2 Å². The van der Waals surface area contributed by atoms with E-state index in [0.717, 1.165) is 12.5 Å². The molecule has 0 aliphatic heterocycles. The van der Waals surface area contributed by atoms with Gasteiger partial charge >= 0.3 is 11.9 Å². The molecule has 5 heteroatoms. The Hall–Kier alpha value is -1.91. The molecule has 1 unspecified atom stereocenters. The Bertz CT molecular complexity index is 471. The van der Waals surface area contributed by atoms with Crippen molar-refractivity contribution in [1.29, 1.82) is 0 Å². The average Bonchev–Trinajstić information content (AvgIpc) is 2.37. The first-order valence-corrected chi connectivity index (χ1v) is 6.24. The lowest BCUT2D eigenvalue weighted by molar-refractivity contribution is 0.0265. The van der Waals surface area contributed by atoms with Gasteiger partial charge in [-0.1, -0.05) is 26.3 Å². The van der Waals surface area contributed by atoms with E-state index in [-0.39, 0.29) is 11.7 Å². The van der Waals surface area contributed by atoms with E-state index < -0.39 is 23.3 Å². The zero-order valence-corrected chi connectivity index (χ0v) is 11.0.